The molecule has 0 saturated carbocycles. The Labute approximate surface area is 220 Å². The first-order chi connectivity index (χ1) is 17.8. The second-order valence-electron chi connectivity index (χ2n) is 9.19. The minimum atomic E-state index is -4.22. The Kier molecular flexibility index (Phi) is 8.84. The smallest absolute Gasteiger partial charge is 0.272 e. The van der Waals surface area contributed by atoms with Crippen molar-refractivity contribution in [2.24, 2.45) is 5.92 Å². The van der Waals surface area contributed by atoms with Crippen molar-refractivity contribution in [1.29, 1.82) is 0 Å². The third-order valence-electron chi connectivity index (χ3n) is 5.66. The number of hydrogen-bond acceptors (Lipinski definition) is 7. The van der Waals surface area contributed by atoms with E-state index in [0.29, 0.717) is 12.1 Å². The van der Waals surface area contributed by atoms with Crippen molar-refractivity contribution in [2.75, 3.05) is 6.54 Å². The molecule has 0 aliphatic heterocycles. The molecule has 1 atom stereocenters. The van der Waals surface area contributed by atoms with E-state index in [4.69, 9.17) is 4.74 Å². The summed E-state index contributed by atoms with van der Waals surface area (Å²) in [5, 5.41) is 18.6. The minimum Gasteiger partial charge on any atom is -0.437 e. The second-order valence-corrected chi connectivity index (χ2v) is 10.9. The molecule has 2 aromatic carbocycles. The van der Waals surface area contributed by atoms with E-state index in [2.05, 4.69) is 15.1 Å². The first kappa shape index (κ1) is 28.7. The van der Waals surface area contributed by atoms with Gasteiger partial charge >= 0.3 is 0 Å². The summed E-state index contributed by atoms with van der Waals surface area (Å²) in [6, 6.07) is 8.29. The van der Waals surface area contributed by atoms with Gasteiger partial charge in [-0.2, -0.15) is 9.78 Å². The molecule has 3 aromatic rings. The third-order valence-corrected chi connectivity index (χ3v) is 7.11. The van der Waals surface area contributed by atoms with Crippen LogP contribution in [0.5, 0.6) is 11.6 Å². The Bertz CT molecular complexity index is 1440. The number of halogens is 1. The lowest BCUT2D eigenvalue weighted by molar-refractivity contribution is -0.385. The van der Waals surface area contributed by atoms with Crippen molar-refractivity contribution in [3.8, 4) is 17.3 Å². The van der Waals surface area contributed by atoms with Crippen LogP contribution in [0.1, 0.15) is 50.2 Å². The highest BCUT2D eigenvalue weighted by Crippen LogP contribution is 2.35. The number of carbonyl (C=O) groups excluding carboxylic acids is 1. The van der Waals surface area contributed by atoms with Gasteiger partial charge in [0.1, 0.15) is 16.5 Å². The predicted molar refractivity (Wildman–Crippen MR) is 139 cm³/mol. The second kappa shape index (κ2) is 11.7. The van der Waals surface area contributed by atoms with Gasteiger partial charge in [-0.25, -0.2) is 17.5 Å². The molecule has 0 bridgehead atoms. The van der Waals surface area contributed by atoms with Crippen molar-refractivity contribution < 1.29 is 27.3 Å². The van der Waals surface area contributed by atoms with Crippen LogP contribution in [0.4, 0.5) is 10.1 Å². The molecule has 11 nitrogen and oxygen atoms in total. The Morgan fingerprint density at radius 1 is 1.18 bits per heavy atom. The highest BCUT2D eigenvalue weighted by Gasteiger charge is 2.28. The van der Waals surface area contributed by atoms with E-state index in [-0.39, 0.29) is 41.4 Å². The van der Waals surface area contributed by atoms with Crippen molar-refractivity contribution >= 4 is 21.6 Å². The SMILES string of the molecule is CCC(C)NC(=O)c1nn(-c2ccc(F)cc2)c(Oc2ccc([N+](=O)[O-])cc2S(=O)(=O)NCC(C)C)c1C. The molecule has 204 valence electrons. The number of hydrogen-bond donors (Lipinski definition) is 2. The molecule has 1 unspecified atom stereocenters. The zero-order chi connectivity index (χ0) is 28.2. The Morgan fingerprint density at radius 2 is 1.84 bits per heavy atom. The molecule has 1 amide bonds. The van der Waals surface area contributed by atoms with Crippen LogP contribution in [0.25, 0.3) is 5.69 Å². The summed E-state index contributed by atoms with van der Waals surface area (Å²) >= 11 is 0. The summed E-state index contributed by atoms with van der Waals surface area (Å²) in [7, 11) is -4.22. The van der Waals surface area contributed by atoms with Crippen LogP contribution in [0.3, 0.4) is 0 Å². The lowest BCUT2D eigenvalue weighted by atomic mass is 10.2. The van der Waals surface area contributed by atoms with E-state index in [1.54, 1.807) is 6.92 Å². The number of nitrogens with zero attached hydrogens (tertiary/aromatic N) is 3. The summed E-state index contributed by atoms with van der Waals surface area (Å²) < 4.78 is 49.6. The number of nitro benzene ring substituents is 1. The Balaban J connectivity index is 2.18. The molecule has 2 N–H and O–H groups in total. The fraction of sp³-hybridized carbons (Fsp3) is 0.360. The van der Waals surface area contributed by atoms with Gasteiger partial charge in [0, 0.05) is 30.3 Å². The maximum Gasteiger partial charge on any atom is 0.272 e. The first-order valence-corrected chi connectivity index (χ1v) is 13.4. The number of sulfonamides is 1. The molecule has 13 heteroatoms. The maximum absolute atomic E-state index is 13.6. The Hall–Kier alpha value is -3.84. The van der Waals surface area contributed by atoms with Crippen LogP contribution < -0.4 is 14.8 Å². The predicted octanol–water partition coefficient (Wildman–Crippen LogP) is 4.48. The van der Waals surface area contributed by atoms with Gasteiger partial charge in [-0.3, -0.25) is 14.9 Å². The van der Waals surface area contributed by atoms with Gasteiger partial charge in [0.25, 0.3) is 11.6 Å². The van der Waals surface area contributed by atoms with E-state index in [1.807, 2.05) is 27.7 Å². The van der Waals surface area contributed by atoms with Gasteiger partial charge in [0.15, 0.2) is 5.69 Å². The molecular formula is C25H30FN5O6S. The Morgan fingerprint density at radius 3 is 2.42 bits per heavy atom. The molecule has 1 aromatic heterocycles. The van der Waals surface area contributed by atoms with Crippen molar-refractivity contribution in [3.05, 3.63) is 69.7 Å². The van der Waals surface area contributed by atoms with Crippen molar-refractivity contribution in [2.45, 2.75) is 52.0 Å². The fourth-order valence-corrected chi connectivity index (χ4v) is 4.69. The average molecular weight is 548 g/mol. The zero-order valence-electron chi connectivity index (χ0n) is 21.7. The number of amides is 1. The van der Waals surface area contributed by atoms with Gasteiger partial charge in [-0.15, -0.1) is 0 Å². The van der Waals surface area contributed by atoms with E-state index < -0.39 is 37.3 Å². The summed E-state index contributed by atoms with van der Waals surface area (Å²) in [6.07, 6.45) is 0.681. The normalized spacial score (nSPS) is 12.4. The van der Waals surface area contributed by atoms with Gasteiger partial charge in [0.2, 0.25) is 15.9 Å². The molecule has 38 heavy (non-hydrogen) atoms. The lowest BCUT2D eigenvalue weighted by Crippen LogP contribution is -2.32. The number of nitrogens with one attached hydrogen (secondary N) is 2. The number of carbonyl (C=O) groups is 1. The number of ether oxygens (including phenoxy) is 1. The lowest BCUT2D eigenvalue weighted by Gasteiger charge is -2.15. The molecule has 1 heterocycles. The number of aromatic nitrogens is 2. The van der Waals surface area contributed by atoms with E-state index >= 15 is 0 Å². The molecule has 0 fully saturated rings. The summed E-state index contributed by atoms with van der Waals surface area (Å²) in [6.45, 7) is 9.03. The van der Waals surface area contributed by atoms with E-state index in [0.717, 1.165) is 12.1 Å². The van der Waals surface area contributed by atoms with Crippen molar-refractivity contribution in [1.82, 2.24) is 19.8 Å². The third kappa shape index (κ3) is 6.53. The van der Waals surface area contributed by atoms with E-state index in [1.165, 1.54) is 35.0 Å². The van der Waals surface area contributed by atoms with Crippen LogP contribution in [0, 0.1) is 28.8 Å². The quantitative estimate of drug-likeness (QED) is 0.266. The van der Waals surface area contributed by atoms with Crippen LogP contribution in [-0.2, 0) is 10.0 Å². The number of nitro groups is 1. The van der Waals surface area contributed by atoms with Crippen LogP contribution in [0.2, 0.25) is 0 Å². The number of rotatable bonds is 11. The summed E-state index contributed by atoms with van der Waals surface area (Å²) in [5.74, 6) is -1.22. The van der Waals surface area contributed by atoms with Crippen LogP contribution in [0.15, 0.2) is 47.4 Å². The molecule has 0 saturated heterocycles. The molecule has 0 spiro atoms. The summed E-state index contributed by atoms with van der Waals surface area (Å²) in [4.78, 5) is 23.2. The number of non-ortho nitro benzene ring substituents is 1. The van der Waals surface area contributed by atoms with Crippen LogP contribution >= 0.6 is 0 Å². The molecule has 0 radical (unpaired) electrons. The van der Waals surface area contributed by atoms with Gasteiger partial charge in [-0.05, 0) is 56.5 Å². The maximum atomic E-state index is 13.6. The van der Waals surface area contributed by atoms with Gasteiger partial charge in [-0.1, -0.05) is 20.8 Å². The molecular weight excluding hydrogens is 517 g/mol. The standard InChI is InChI=1S/C25H30FN5O6S/c1-6-16(4)28-24(32)23-17(5)25(30(29-23)19-9-7-18(26)8-10-19)37-21-12-11-20(31(33)34)13-22(21)38(35,36)27-14-15(2)3/h7-13,15-16,27H,6,14H2,1-5H3,(H,28,32). The first-order valence-electron chi connectivity index (χ1n) is 12.0. The monoisotopic (exact) mass is 547 g/mol. The van der Waals surface area contributed by atoms with Crippen molar-refractivity contribution in [3.63, 3.8) is 0 Å². The highest BCUT2D eigenvalue weighted by atomic mass is 32.2. The zero-order valence-corrected chi connectivity index (χ0v) is 22.5. The fourth-order valence-electron chi connectivity index (χ4n) is 3.33. The molecule has 0 aliphatic carbocycles. The highest BCUT2D eigenvalue weighted by molar-refractivity contribution is 7.89. The molecule has 3 rings (SSSR count). The van der Waals surface area contributed by atoms with E-state index in [9.17, 15) is 27.7 Å². The topological polar surface area (TPSA) is 145 Å². The largest absolute Gasteiger partial charge is 0.437 e. The summed E-state index contributed by atoms with van der Waals surface area (Å²) in [5.41, 5.74) is 0.205. The average Bonchev–Trinajstić information content (AvgIpc) is 3.19. The minimum absolute atomic E-state index is 0.0138. The molecule has 0 aliphatic rings. The van der Waals surface area contributed by atoms with Gasteiger partial charge in [0.05, 0.1) is 10.6 Å². The van der Waals surface area contributed by atoms with Crippen LogP contribution in [-0.4, -0.2) is 41.6 Å². The number of benzene rings is 2. The van der Waals surface area contributed by atoms with Gasteiger partial charge < -0.3 is 10.1 Å².